The predicted molar refractivity (Wildman–Crippen MR) is 65.8 cm³/mol. The molecule has 0 saturated heterocycles. The van der Waals surface area contributed by atoms with Crippen LogP contribution in [-0.4, -0.2) is 18.5 Å². The number of rotatable bonds is 2. The van der Waals surface area contributed by atoms with E-state index < -0.39 is 5.60 Å². The van der Waals surface area contributed by atoms with Gasteiger partial charge in [-0.15, -0.1) is 0 Å². The van der Waals surface area contributed by atoms with Crippen LogP contribution in [0.5, 0.6) is 11.5 Å². The lowest BCUT2D eigenvalue weighted by Crippen LogP contribution is -2.43. The van der Waals surface area contributed by atoms with Crippen LogP contribution in [0.3, 0.4) is 0 Å². The molecule has 0 aliphatic carbocycles. The Balaban J connectivity index is 2.42. The highest BCUT2D eigenvalue weighted by molar-refractivity contribution is 6.00. The summed E-state index contributed by atoms with van der Waals surface area (Å²) in [6.07, 6.45) is 0.421. The van der Waals surface area contributed by atoms with Crippen LogP contribution in [0.2, 0.25) is 0 Å². The molecule has 0 saturated carbocycles. The third kappa shape index (κ3) is 2.02. The Morgan fingerprint density at radius 1 is 1.41 bits per heavy atom. The molecule has 0 radical (unpaired) electrons. The van der Waals surface area contributed by atoms with Gasteiger partial charge in [-0.25, -0.2) is 0 Å². The molecule has 1 atom stereocenters. The first-order valence-electron chi connectivity index (χ1n) is 5.86. The number of Topliss-reactive ketones (excluding diaryl/α,β-unsaturated/α-hetero) is 1. The van der Waals surface area contributed by atoms with E-state index in [2.05, 4.69) is 13.8 Å². The fraction of sp³-hybridized carbons (Fsp3) is 0.500. The Labute approximate surface area is 102 Å². The average molecular weight is 234 g/mol. The van der Waals surface area contributed by atoms with Gasteiger partial charge in [0.25, 0.3) is 0 Å². The van der Waals surface area contributed by atoms with Crippen molar-refractivity contribution in [2.75, 3.05) is 7.11 Å². The van der Waals surface area contributed by atoms with Gasteiger partial charge in [0.1, 0.15) is 17.1 Å². The first-order chi connectivity index (χ1) is 7.96. The van der Waals surface area contributed by atoms with Crippen LogP contribution in [0.15, 0.2) is 18.2 Å². The second-order valence-electron chi connectivity index (χ2n) is 5.03. The molecule has 3 nitrogen and oxygen atoms in total. The Morgan fingerprint density at radius 3 is 2.71 bits per heavy atom. The fourth-order valence-corrected chi connectivity index (χ4v) is 1.97. The van der Waals surface area contributed by atoms with Gasteiger partial charge in [0.05, 0.1) is 19.1 Å². The van der Waals surface area contributed by atoms with Crippen molar-refractivity contribution in [3.8, 4) is 11.5 Å². The van der Waals surface area contributed by atoms with Crippen molar-refractivity contribution in [2.24, 2.45) is 5.92 Å². The maximum Gasteiger partial charge on any atom is 0.170 e. The molecule has 0 amide bonds. The summed E-state index contributed by atoms with van der Waals surface area (Å²) >= 11 is 0. The van der Waals surface area contributed by atoms with Crippen LogP contribution < -0.4 is 9.47 Å². The minimum atomic E-state index is -0.404. The summed E-state index contributed by atoms with van der Waals surface area (Å²) in [6, 6.07) is 5.38. The molecule has 0 spiro atoms. The van der Waals surface area contributed by atoms with Crippen molar-refractivity contribution >= 4 is 5.78 Å². The number of hydrogen-bond donors (Lipinski definition) is 0. The Bertz CT molecular complexity index is 451. The van der Waals surface area contributed by atoms with E-state index in [9.17, 15) is 4.79 Å². The van der Waals surface area contributed by atoms with E-state index in [-0.39, 0.29) is 5.78 Å². The fourth-order valence-electron chi connectivity index (χ4n) is 1.97. The monoisotopic (exact) mass is 234 g/mol. The standard InChI is InChI=1S/C14H18O3/c1-9(2)14(3)8-12(15)11-7-10(16-4)5-6-13(11)17-14/h5-7,9H,8H2,1-4H3. The number of methoxy groups -OCH3 is 1. The third-order valence-electron chi connectivity index (χ3n) is 3.56. The largest absolute Gasteiger partial charge is 0.497 e. The smallest absolute Gasteiger partial charge is 0.170 e. The highest BCUT2D eigenvalue weighted by Crippen LogP contribution is 2.38. The molecular weight excluding hydrogens is 216 g/mol. The summed E-state index contributed by atoms with van der Waals surface area (Å²) in [6.45, 7) is 6.13. The molecule has 0 N–H and O–H groups in total. The number of carbonyl (C=O) groups excluding carboxylic acids is 1. The molecule has 0 bridgehead atoms. The lowest BCUT2D eigenvalue weighted by atomic mass is 9.83. The topological polar surface area (TPSA) is 35.5 Å². The van der Waals surface area contributed by atoms with Crippen LogP contribution in [0.4, 0.5) is 0 Å². The lowest BCUT2D eigenvalue weighted by molar-refractivity contribution is 0.0211. The van der Waals surface area contributed by atoms with Crippen molar-refractivity contribution in [3.63, 3.8) is 0 Å². The normalized spacial score (nSPS) is 23.2. The molecule has 2 rings (SSSR count). The van der Waals surface area contributed by atoms with Crippen LogP contribution in [0.25, 0.3) is 0 Å². The summed E-state index contributed by atoms with van der Waals surface area (Å²) in [4.78, 5) is 12.1. The van der Waals surface area contributed by atoms with Gasteiger partial charge in [-0.1, -0.05) is 13.8 Å². The van der Waals surface area contributed by atoms with Gasteiger partial charge in [0.2, 0.25) is 0 Å². The zero-order valence-corrected chi connectivity index (χ0v) is 10.7. The van der Waals surface area contributed by atoms with Crippen molar-refractivity contribution in [3.05, 3.63) is 23.8 Å². The molecule has 1 aromatic rings. The van der Waals surface area contributed by atoms with Gasteiger partial charge in [-0.05, 0) is 31.0 Å². The van der Waals surface area contributed by atoms with Crippen molar-refractivity contribution in [1.82, 2.24) is 0 Å². The van der Waals surface area contributed by atoms with Crippen LogP contribution in [0.1, 0.15) is 37.6 Å². The lowest BCUT2D eigenvalue weighted by Gasteiger charge is -2.38. The summed E-state index contributed by atoms with van der Waals surface area (Å²) in [5.41, 5.74) is 0.223. The number of carbonyl (C=O) groups is 1. The predicted octanol–water partition coefficient (Wildman–Crippen LogP) is 3.08. The summed E-state index contributed by atoms with van der Waals surface area (Å²) in [5, 5.41) is 0. The number of fused-ring (bicyclic) bond motifs is 1. The van der Waals surface area contributed by atoms with Crippen molar-refractivity contribution < 1.29 is 14.3 Å². The number of ketones is 1. The number of ether oxygens (including phenoxy) is 2. The van der Waals surface area contributed by atoms with E-state index in [1.54, 1.807) is 13.2 Å². The molecule has 0 fully saturated rings. The Morgan fingerprint density at radius 2 is 2.12 bits per heavy atom. The van der Waals surface area contributed by atoms with Crippen molar-refractivity contribution in [2.45, 2.75) is 32.8 Å². The Hall–Kier alpha value is -1.51. The molecule has 1 aromatic carbocycles. The minimum absolute atomic E-state index is 0.126. The van der Waals surface area contributed by atoms with Gasteiger partial charge in [0.15, 0.2) is 5.78 Å². The van der Waals surface area contributed by atoms with E-state index in [1.807, 2.05) is 19.1 Å². The molecular formula is C14H18O3. The average Bonchev–Trinajstić information content (AvgIpc) is 2.28. The Kier molecular flexibility index (Phi) is 2.86. The van der Waals surface area contributed by atoms with E-state index >= 15 is 0 Å². The van der Waals surface area contributed by atoms with E-state index in [4.69, 9.17) is 9.47 Å². The molecule has 1 unspecified atom stereocenters. The van der Waals surface area contributed by atoms with Crippen molar-refractivity contribution in [1.29, 1.82) is 0 Å². The van der Waals surface area contributed by atoms with Crippen LogP contribution >= 0.6 is 0 Å². The maximum absolute atomic E-state index is 12.1. The van der Waals surface area contributed by atoms with Crippen LogP contribution in [-0.2, 0) is 0 Å². The zero-order chi connectivity index (χ0) is 12.6. The van der Waals surface area contributed by atoms with Gasteiger partial charge < -0.3 is 9.47 Å². The molecule has 1 aliphatic heterocycles. The number of hydrogen-bond acceptors (Lipinski definition) is 3. The minimum Gasteiger partial charge on any atom is -0.497 e. The van der Waals surface area contributed by atoms with Gasteiger partial charge in [-0.3, -0.25) is 4.79 Å². The summed E-state index contributed by atoms with van der Waals surface area (Å²) in [5.74, 6) is 1.77. The highest BCUT2D eigenvalue weighted by Gasteiger charge is 2.39. The first kappa shape index (κ1) is 12.0. The molecule has 92 valence electrons. The third-order valence-corrected chi connectivity index (χ3v) is 3.56. The molecule has 17 heavy (non-hydrogen) atoms. The second-order valence-corrected chi connectivity index (χ2v) is 5.03. The van der Waals surface area contributed by atoms with Gasteiger partial charge in [0, 0.05) is 0 Å². The number of benzene rings is 1. The maximum atomic E-state index is 12.1. The zero-order valence-electron chi connectivity index (χ0n) is 10.7. The quantitative estimate of drug-likeness (QED) is 0.788. The molecule has 1 heterocycles. The molecule has 3 heteroatoms. The second kappa shape index (κ2) is 4.06. The summed E-state index contributed by atoms with van der Waals surface area (Å²) < 4.78 is 11.1. The van der Waals surface area contributed by atoms with Gasteiger partial charge >= 0.3 is 0 Å². The molecule has 0 aromatic heterocycles. The van der Waals surface area contributed by atoms with E-state index in [0.29, 0.717) is 29.4 Å². The van der Waals surface area contributed by atoms with E-state index in [1.165, 1.54) is 0 Å². The summed E-state index contributed by atoms with van der Waals surface area (Å²) in [7, 11) is 1.59. The van der Waals surface area contributed by atoms with Crippen LogP contribution in [0, 0.1) is 5.92 Å². The highest BCUT2D eigenvalue weighted by atomic mass is 16.5. The SMILES string of the molecule is COc1ccc2c(c1)C(=O)CC(C)(C(C)C)O2. The molecule has 1 aliphatic rings. The first-order valence-corrected chi connectivity index (χ1v) is 5.86. The van der Waals surface area contributed by atoms with Gasteiger partial charge in [-0.2, -0.15) is 0 Å². The van der Waals surface area contributed by atoms with E-state index in [0.717, 1.165) is 0 Å².